The summed E-state index contributed by atoms with van der Waals surface area (Å²) in [7, 11) is 4.17. The lowest BCUT2D eigenvalue weighted by atomic mass is 10.0. The van der Waals surface area contributed by atoms with Gasteiger partial charge in [-0.2, -0.15) is 5.10 Å². The smallest absolute Gasteiger partial charge is 0.246 e. The highest BCUT2D eigenvalue weighted by atomic mass is 19.1. The topological polar surface area (TPSA) is 105 Å². The van der Waals surface area contributed by atoms with Crippen LogP contribution in [0.5, 0.6) is 11.5 Å². The number of hydrogen-bond donors (Lipinski definition) is 1. The minimum atomic E-state index is -0.959. The number of fused-ring (bicyclic) bond motifs is 1. The second-order valence-corrected chi connectivity index (χ2v) is 9.24. The quantitative estimate of drug-likeness (QED) is 0.391. The van der Waals surface area contributed by atoms with E-state index in [-0.39, 0.29) is 35.0 Å². The molecular weight excluding hydrogens is 496 g/mol. The molecule has 0 spiro atoms. The second kappa shape index (κ2) is 9.61. The van der Waals surface area contributed by atoms with Gasteiger partial charge in [0.05, 0.1) is 36.8 Å². The molecule has 1 aliphatic carbocycles. The number of carbonyl (C=O) groups excluding carboxylic acids is 1. The molecule has 1 aromatic carbocycles. The van der Waals surface area contributed by atoms with E-state index in [1.54, 1.807) is 22.9 Å². The number of aromatic nitrogens is 3. The molecule has 9 nitrogen and oxygen atoms in total. The van der Waals surface area contributed by atoms with E-state index < -0.39 is 22.8 Å². The second-order valence-electron chi connectivity index (χ2n) is 9.24. The molecular formula is C27H27F2N5O4. The number of anilines is 1. The molecule has 0 bridgehead atoms. The van der Waals surface area contributed by atoms with E-state index >= 15 is 0 Å². The largest absolute Gasteiger partial charge is 0.493 e. The Morgan fingerprint density at radius 2 is 1.89 bits per heavy atom. The fourth-order valence-corrected chi connectivity index (χ4v) is 4.96. The van der Waals surface area contributed by atoms with Gasteiger partial charge in [-0.3, -0.25) is 9.48 Å². The summed E-state index contributed by atoms with van der Waals surface area (Å²) in [5.74, 6) is 3.04. The first-order valence-corrected chi connectivity index (χ1v) is 12.0. The van der Waals surface area contributed by atoms with Crippen LogP contribution in [0, 0.1) is 23.5 Å². The maximum absolute atomic E-state index is 15.0. The number of carbonyl (C=O) groups is 1. The van der Waals surface area contributed by atoms with Crippen LogP contribution in [0.1, 0.15) is 42.1 Å². The minimum Gasteiger partial charge on any atom is -0.493 e. The van der Waals surface area contributed by atoms with Crippen LogP contribution >= 0.6 is 0 Å². The zero-order valence-electron chi connectivity index (χ0n) is 21.3. The van der Waals surface area contributed by atoms with E-state index in [2.05, 4.69) is 23.4 Å². The highest BCUT2D eigenvalue weighted by Crippen LogP contribution is 2.51. The summed E-state index contributed by atoms with van der Waals surface area (Å²) >= 11 is 0. The lowest BCUT2D eigenvalue weighted by Crippen LogP contribution is -2.27. The van der Waals surface area contributed by atoms with Gasteiger partial charge in [0, 0.05) is 38.0 Å². The van der Waals surface area contributed by atoms with Crippen molar-refractivity contribution in [3.8, 4) is 23.3 Å². The van der Waals surface area contributed by atoms with Crippen LogP contribution in [-0.4, -0.2) is 60.0 Å². The Labute approximate surface area is 218 Å². The number of nitrogens with zero attached hydrogens (tertiary/aromatic N) is 4. The molecule has 2 fully saturated rings. The van der Waals surface area contributed by atoms with Crippen molar-refractivity contribution in [1.82, 2.24) is 19.7 Å². The maximum Gasteiger partial charge on any atom is 0.246 e. The van der Waals surface area contributed by atoms with Gasteiger partial charge >= 0.3 is 0 Å². The van der Waals surface area contributed by atoms with Gasteiger partial charge in [-0.05, 0) is 31.3 Å². The van der Waals surface area contributed by atoms with Crippen molar-refractivity contribution < 1.29 is 27.8 Å². The van der Waals surface area contributed by atoms with Crippen LogP contribution in [0.3, 0.4) is 0 Å². The average Bonchev–Trinajstić information content (AvgIpc) is 3.39. The molecule has 0 unspecified atom stereocenters. The molecule has 1 saturated heterocycles. The number of pyridine rings is 1. The Kier molecular flexibility index (Phi) is 6.44. The molecule has 1 atom stereocenters. The Bertz CT molecular complexity index is 1490. The van der Waals surface area contributed by atoms with E-state index in [1.165, 1.54) is 20.3 Å². The average molecular weight is 524 g/mol. The molecule has 1 saturated carbocycles. The van der Waals surface area contributed by atoms with Crippen LogP contribution in [0.2, 0.25) is 0 Å². The Morgan fingerprint density at radius 1 is 1.21 bits per heavy atom. The number of hydrogen-bond acceptors (Lipinski definition) is 7. The summed E-state index contributed by atoms with van der Waals surface area (Å²) in [6.07, 6.45) is 5.19. The SMILES string of the molecule is C=CC(=O)N1CC[C@H](n2nc(C#Cc3c(F)c(OC)cc(OC)c3F)c3c(N)ncc(C4(OC)CC4)c32)C1. The lowest BCUT2D eigenvalue weighted by Gasteiger charge is -2.19. The van der Waals surface area contributed by atoms with Crippen LogP contribution in [0.4, 0.5) is 14.6 Å². The van der Waals surface area contributed by atoms with Crippen molar-refractivity contribution in [1.29, 1.82) is 0 Å². The van der Waals surface area contributed by atoms with Gasteiger partial charge in [-0.15, -0.1) is 0 Å². The third kappa shape index (κ3) is 4.01. The van der Waals surface area contributed by atoms with Gasteiger partial charge in [0.2, 0.25) is 5.91 Å². The number of nitrogen functional groups attached to an aromatic ring is 1. The van der Waals surface area contributed by atoms with E-state index in [1.807, 2.05) is 0 Å². The van der Waals surface area contributed by atoms with Crippen LogP contribution in [-0.2, 0) is 15.1 Å². The number of nitrogens with two attached hydrogens (primary N) is 1. The molecule has 198 valence electrons. The van der Waals surface area contributed by atoms with Crippen LogP contribution < -0.4 is 15.2 Å². The van der Waals surface area contributed by atoms with Gasteiger partial charge in [0.1, 0.15) is 17.1 Å². The lowest BCUT2D eigenvalue weighted by molar-refractivity contribution is -0.125. The number of halogens is 2. The van der Waals surface area contributed by atoms with Gasteiger partial charge in [-0.1, -0.05) is 12.5 Å². The first-order chi connectivity index (χ1) is 18.3. The number of rotatable bonds is 6. The summed E-state index contributed by atoms with van der Waals surface area (Å²) in [5, 5.41) is 5.20. The molecule has 1 amide bonds. The Morgan fingerprint density at radius 3 is 2.47 bits per heavy atom. The zero-order valence-corrected chi connectivity index (χ0v) is 21.3. The molecule has 2 aliphatic rings. The molecule has 3 heterocycles. The molecule has 2 aromatic heterocycles. The standard InChI is InChI=1S/C27H27F2N5O4/c1-5-21(35)33-11-8-15(14-33)34-25-17(27(38-4)9-10-27)13-31-26(30)22(25)18(32-34)7-6-16-23(28)19(36-2)12-20(37-3)24(16)29/h5,12-13,15H,1,8-11,14H2,2-4H3,(H2,30,31)/t15-/m0/s1. The third-order valence-electron chi connectivity index (χ3n) is 7.22. The summed E-state index contributed by atoms with van der Waals surface area (Å²) in [4.78, 5) is 18.3. The van der Waals surface area contributed by atoms with E-state index in [9.17, 15) is 13.6 Å². The molecule has 0 radical (unpaired) electrons. The number of ether oxygens (including phenoxy) is 3. The first kappa shape index (κ1) is 25.5. The molecule has 5 rings (SSSR count). The Balaban J connectivity index is 1.71. The number of amides is 1. The predicted octanol–water partition coefficient (Wildman–Crippen LogP) is 3.30. The van der Waals surface area contributed by atoms with Crippen LogP contribution in [0.15, 0.2) is 24.9 Å². The first-order valence-electron chi connectivity index (χ1n) is 12.0. The summed E-state index contributed by atoms with van der Waals surface area (Å²) in [6.45, 7) is 4.51. The monoisotopic (exact) mass is 523 g/mol. The maximum atomic E-state index is 15.0. The van der Waals surface area contributed by atoms with Crippen LogP contribution in [0.25, 0.3) is 10.9 Å². The van der Waals surface area contributed by atoms with Gasteiger partial charge < -0.3 is 24.8 Å². The fourth-order valence-electron chi connectivity index (χ4n) is 4.96. The van der Waals surface area contributed by atoms with E-state index in [0.29, 0.717) is 30.4 Å². The summed E-state index contributed by atoms with van der Waals surface area (Å²) in [6, 6.07) is 0.931. The van der Waals surface area contributed by atoms with Crippen molar-refractivity contribution in [2.75, 3.05) is 40.2 Å². The van der Waals surface area contributed by atoms with Gasteiger partial charge in [0.15, 0.2) is 23.1 Å². The van der Waals surface area contributed by atoms with Crippen molar-refractivity contribution in [2.24, 2.45) is 0 Å². The van der Waals surface area contributed by atoms with Crippen molar-refractivity contribution in [3.63, 3.8) is 0 Å². The molecule has 1 aliphatic heterocycles. The van der Waals surface area contributed by atoms with Gasteiger partial charge in [0.25, 0.3) is 0 Å². The van der Waals surface area contributed by atoms with Crippen molar-refractivity contribution >= 4 is 22.6 Å². The molecule has 38 heavy (non-hydrogen) atoms. The predicted molar refractivity (Wildman–Crippen MR) is 136 cm³/mol. The normalized spacial score (nSPS) is 17.7. The fraction of sp³-hybridized carbons (Fsp3) is 0.370. The molecule has 2 N–H and O–H groups in total. The molecule has 11 heteroatoms. The number of benzene rings is 1. The van der Waals surface area contributed by atoms with E-state index in [4.69, 9.17) is 25.0 Å². The zero-order chi connectivity index (χ0) is 27.2. The van der Waals surface area contributed by atoms with Crippen molar-refractivity contribution in [2.45, 2.75) is 30.9 Å². The summed E-state index contributed by atoms with van der Waals surface area (Å²) < 4.78 is 47.6. The Hall–Kier alpha value is -4.17. The highest BCUT2D eigenvalue weighted by Gasteiger charge is 2.47. The number of likely N-dealkylation sites (tertiary alicyclic amines) is 1. The number of methoxy groups -OCH3 is 3. The molecule has 3 aromatic rings. The van der Waals surface area contributed by atoms with Gasteiger partial charge in [-0.25, -0.2) is 13.8 Å². The summed E-state index contributed by atoms with van der Waals surface area (Å²) in [5.41, 5.74) is 6.96. The third-order valence-corrected chi connectivity index (χ3v) is 7.22. The van der Waals surface area contributed by atoms with E-state index in [0.717, 1.165) is 24.5 Å². The minimum absolute atomic E-state index is 0.168. The van der Waals surface area contributed by atoms with Crippen molar-refractivity contribution in [3.05, 3.63) is 53.4 Å². The highest BCUT2D eigenvalue weighted by molar-refractivity contribution is 5.96.